The van der Waals surface area contributed by atoms with E-state index in [1.807, 2.05) is 0 Å². The highest BCUT2D eigenvalue weighted by atomic mass is 35.5. The predicted octanol–water partition coefficient (Wildman–Crippen LogP) is 3.17. The first-order valence-corrected chi connectivity index (χ1v) is 9.20. The highest BCUT2D eigenvalue weighted by Gasteiger charge is 2.34. The van der Waals surface area contributed by atoms with Gasteiger partial charge in [0.1, 0.15) is 4.90 Å². The van der Waals surface area contributed by atoms with Crippen molar-refractivity contribution in [3.63, 3.8) is 0 Å². The van der Waals surface area contributed by atoms with E-state index in [1.165, 1.54) is 6.07 Å². The van der Waals surface area contributed by atoms with Crippen molar-refractivity contribution in [2.24, 2.45) is 17.6 Å². The van der Waals surface area contributed by atoms with Crippen LogP contribution in [0.2, 0.25) is 10.0 Å². The predicted molar refractivity (Wildman–Crippen MR) is 86.0 cm³/mol. The van der Waals surface area contributed by atoms with Gasteiger partial charge in [-0.25, -0.2) is 13.1 Å². The van der Waals surface area contributed by atoms with Gasteiger partial charge in [0.25, 0.3) is 0 Å². The molecule has 1 saturated carbocycles. The number of rotatable bonds is 4. The number of hydrogen-bond donors (Lipinski definition) is 2. The summed E-state index contributed by atoms with van der Waals surface area (Å²) < 4.78 is 27.9. The third-order valence-electron chi connectivity index (χ3n) is 4.36. The van der Waals surface area contributed by atoms with Crippen molar-refractivity contribution in [2.75, 3.05) is 0 Å². The topological polar surface area (TPSA) is 72.2 Å². The molecule has 1 aromatic rings. The third kappa shape index (κ3) is 3.54. The quantitative estimate of drug-likeness (QED) is 0.875. The fourth-order valence-corrected chi connectivity index (χ4v) is 5.06. The molecule has 0 saturated heterocycles. The number of hydrogen-bond acceptors (Lipinski definition) is 3. The highest BCUT2D eigenvalue weighted by Crippen LogP contribution is 2.34. The van der Waals surface area contributed by atoms with Gasteiger partial charge in [0.15, 0.2) is 0 Å². The lowest BCUT2D eigenvalue weighted by Gasteiger charge is -2.20. The summed E-state index contributed by atoms with van der Waals surface area (Å²) in [5.41, 5.74) is 6.10. The first-order chi connectivity index (χ1) is 9.76. The van der Waals surface area contributed by atoms with Crippen LogP contribution in [0.3, 0.4) is 0 Å². The number of sulfonamides is 1. The second kappa shape index (κ2) is 6.42. The molecule has 0 bridgehead atoms. The molecule has 3 unspecified atom stereocenters. The zero-order chi connectivity index (χ0) is 15.8. The van der Waals surface area contributed by atoms with E-state index in [9.17, 15) is 8.42 Å². The average molecular weight is 351 g/mol. The van der Waals surface area contributed by atoms with Crippen LogP contribution in [0.5, 0.6) is 0 Å². The third-order valence-corrected chi connectivity index (χ3v) is 6.65. The summed E-state index contributed by atoms with van der Waals surface area (Å²) >= 11 is 12.1. The van der Waals surface area contributed by atoms with Gasteiger partial charge in [0.05, 0.1) is 5.02 Å². The lowest BCUT2D eigenvalue weighted by atomic mass is 9.98. The first-order valence-electron chi connectivity index (χ1n) is 6.96. The highest BCUT2D eigenvalue weighted by molar-refractivity contribution is 7.89. The molecule has 0 spiro atoms. The number of nitrogens with one attached hydrogen (secondary N) is 1. The van der Waals surface area contributed by atoms with Crippen LogP contribution in [0.4, 0.5) is 0 Å². The van der Waals surface area contributed by atoms with Crippen molar-refractivity contribution in [1.82, 2.24) is 4.72 Å². The molecule has 7 heteroatoms. The molecule has 4 nitrogen and oxygen atoms in total. The molecule has 2 rings (SSSR count). The van der Waals surface area contributed by atoms with Crippen LogP contribution >= 0.6 is 23.2 Å². The van der Waals surface area contributed by atoms with E-state index in [0.717, 1.165) is 12.8 Å². The Morgan fingerprint density at radius 2 is 1.95 bits per heavy atom. The molecule has 0 radical (unpaired) electrons. The molecule has 21 heavy (non-hydrogen) atoms. The Balaban J connectivity index is 2.34. The summed E-state index contributed by atoms with van der Waals surface area (Å²) in [6, 6.07) is 2.89. The smallest absolute Gasteiger partial charge is 0.242 e. The van der Waals surface area contributed by atoms with E-state index < -0.39 is 10.0 Å². The van der Waals surface area contributed by atoms with Gasteiger partial charge in [-0.2, -0.15) is 0 Å². The Labute approximate surface area is 136 Å². The minimum absolute atomic E-state index is 0.00358. The summed E-state index contributed by atoms with van der Waals surface area (Å²) in [6.45, 7) is 4.34. The van der Waals surface area contributed by atoms with E-state index in [0.29, 0.717) is 22.4 Å². The van der Waals surface area contributed by atoms with Gasteiger partial charge >= 0.3 is 0 Å². The monoisotopic (exact) mass is 350 g/mol. The van der Waals surface area contributed by atoms with Gasteiger partial charge in [0, 0.05) is 17.6 Å². The van der Waals surface area contributed by atoms with Crippen molar-refractivity contribution >= 4 is 33.2 Å². The zero-order valence-electron chi connectivity index (χ0n) is 12.1. The van der Waals surface area contributed by atoms with Gasteiger partial charge in [0.2, 0.25) is 10.0 Å². The fraction of sp³-hybridized carbons (Fsp3) is 0.571. The van der Waals surface area contributed by atoms with Crippen LogP contribution < -0.4 is 10.5 Å². The van der Waals surface area contributed by atoms with Gasteiger partial charge in [-0.15, -0.1) is 0 Å². The molecule has 0 aliphatic heterocycles. The SMILES string of the molecule is CC1CCC(NS(=O)(=O)c2cc(Cl)cc(CN)c2Cl)C1C. The van der Waals surface area contributed by atoms with Gasteiger partial charge in [-0.3, -0.25) is 0 Å². The molecule has 118 valence electrons. The van der Waals surface area contributed by atoms with Crippen molar-refractivity contribution in [3.05, 3.63) is 27.7 Å². The Kier molecular flexibility index (Phi) is 5.21. The van der Waals surface area contributed by atoms with E-state index in [4.69, 9.17) is 28.9 Å². The first kappa shape index (κ1) is 17.0. The van der Waals surface area contributed by atoms with Crippen LogP contribution in [0.25, 0.3) is 0 Å². The van der Waals surface area contributed by atoms with Crippen LogP contribution in [0.15, 0.2) is 17.0 Å². The van der Waals surface area contributed by atoms with Crippen molar-refractivity contribution in [3.8, 4) is 0 Å². The average Bonchev–Trinajstić information content (AvgIpc) is 2.72. The van der Waals surface area contributed by atoms with Crippen LogP contribution in [-0.2, 0) is 16.6 Å². The lowest BCUT2D eigenvalue weighted by molar-refractivity contribution is 0.402. The second-order valence-electron chi connectivity index (χ2n) is 5.72. The van der Waals surface area contributed by atoms with E-state index in [1.54, 1.807) is 6.07 Å². The minimum Gasteiger partial charge on any atom is -0.326 e. The number of nitrogens with two attached hydrogens (primary N) is 1. The molecule has 0 aromatic heterocycles. The summed E-state index contributed by atoms with van der Waals surface area (Å²) in [4.78, 5) is 0.00358. The Hall–Kier alpha value is -0.330. The van der Waals surface area contributed by atoms with Gasteiger partial charge < -0.3 is 5.73 Å². The van der Waals surface area contributed by atoms with E-state index in [-0.39, 0.29) is 22.5 Å². The molecule has 0 amide bonds. The van der Waals surface area contributed by atoms with Gasteiger partial charge in [-0.1, -0.05) is 37.0 Å². The molecule has 1 aliphatic carbocycles. The molecular formula is C14H20Cl2N2O2S. The maximum atomic E-state index is 12.6. The van der Waals surface area contributed by atoms with E-state index >= 15 is 0 Å². The molecule has 1 aliphatic rings. The van der Waals surface area contributed by atoms with Crippen LogP contribution in [-0.4, -0.2) is 14.5 Å². The minimum atomic E-state index is -3.71. The molecule has 1 fully saturated rings. The zero-order valence-corrected chi connectivity index (χ0v) is 14.4. The lowest BCUT2D eigenvalue weighted by Crippen LogP contribution is -2.37. The fourth-order valence-electron chi connectivity index (χ4n) is 2.76. The van der Waals surface area contributed by atoms with Crippen molar-refractivity contribution < 1.29 is 8.42 Å². The number of halogens is 2. The van der Waals surface area contributed by atoms with E-state index in [2.05, 4.69) is 18.6 Å². The maximum absolute atomic E-state index is 12.6. The molecule has 0 heterocycles. The summed E-state index contributed by atoms with van der Waals surface area (Å²) in [6.07, 6.45) is 1.86. The molecule has 3 atom stereocenters. The molecular weight excluding hydrogens is 331 g/mol. The standard InChI is InChI=1S/C14H20Cl2N2O2S/c1-8-3-4-12(9(8)2)18-21(19,20)13-6-11(15)5-10(7-17)14(13)16/h5-6,8-9,12,18H,3-4,7,17H2,1-2H3. The van der Waals surface area contributed by atoms with Crippen molar-refractivity contribution in [2.45, 2.75) is 44.2 Å². The second-order valence-corrected chi connectivity index (χ2v) is 8.22. The molecule has 3 N–H and O–H groups in total. The maximum Gasteiger partial charge on any atom is 0.242 e. The normalized spacial score (nSPS) is 26.2. The summed E-state index contributed by atoms with van der Waals surface area (Å²) in [5, 5.41) is 0.459. The van der Waals surface area contributed by atoms with Crippen molar-refractivity contribution in [1.29, 1.82) is 0 Å². The largest absolute Gasteiger partial charge is 0.326 e. The molecule has 1 aromatic carbocycles. The Morgan fingerprint density at radius 3 is 2.48 bits per heavy atom. The van der Waals surface area contributed by atoms with Crippen LogP contribution in [0.1, 0.15) is 32.3 Å². The van der Waals surface area contributed by atoms with Gasteiger partial charge in [-0.05, 0) is 42.4 Å². The van der Waals surface area contributed by atoms with Crippen LogP contribution in [0, 0.1) is 11.8 Å². The summed E-state index contributed by atoms with van der Waals surface area (Å²) in [5.74, 6) is 0.804. The summed E-state index contributed by atoms with van der Waals surface area (Å²) in [7, 11) is -3.71. The Morgan fingerprint density at radius 1 is 1.29 bits per heavy atom. The Bertz CT molecular complexity index is 634. The number of benzene rings is 1.